The third-order valence-electron chi connectivity index (χ3n) is 3.52. The standard InChI is InChI=1S/C18H21FN2O4S/c1-14-6-8-17(9-7-14)25-13-18(22)20-10-11-21(26(2,23)24)16-5-3-4-15(19)12-16/h3-9,12H,10-11,13H2,1-2H3,(H,20,22). The van der Waals surface area contributed by atoms with Crippen molar-refractivity contribution in [1.29, 1.82) is 0 Å². The molecule has 1 N–H and O–H groups in total. The van der Waals surface area contributed by atoms with Gasteiger partial charge in [-0.25, -0.2) is 12.8 Å². The molecule has 8 heteroatoms. The van der Waals surface area contributed by atoms with Crippen LogP contribution in [-0.4, -0.2) is 40.3 Å². The lowest BCUT2D eigenvalue weighted by Gasteiger charge is -2.22. The number of anilines is 1. The number of nitrogens with zero attached hydrogens (tertiary/aromatic N) is 1. The summed E-state index contributed by atoms with van der Waals surface area (Å²) in [6.07, 6.45) is 1.03. The first-order valence-corrected chi connectivity index (χ1v) is 9.80. The topological polar surface area (TPSA) is 75.7 Å². The van der Waals surface area contributed by atoms with Gasteiger partial charge < -0.3 is 10.1 Å². The van der Waals surface area contributed by atoms with E-state index in [-0.39, 0.29) is 31.3 Å². The average Bonchev–Trinajstić information content (AvgIpc) is 2.57. The van der Waals surface area contributed by atoms with Gasteiger partial charge in [0.05, 0.1) is 18.5 Å². The summed E-state index contributed by atoms with van der Waals surface area (Å²) in [7, 11) is -3.61. The number of aryl methyl sites for hydroxylation is 1. The van der Waals surface area contributed by atoms with Crippen LogP contribution in [0, 0.1) is 12.7 Å². The lowest BCUT2D eigenvalue weighted by atomic mass is 10.2. The minimum Gasteiger partial charge on any atom is -0.484 e. The Morgan fingerprint density at radius 1 is 1.19 bits per heavy atom. The van der Waals surface area contributed by atoms with Crippen molar-refractivity contribution in [1.82, 2.24) is 5.32 Å². The Bertz CT molecular complexity index is 854. The van der Waals surface area contributed by atoms with Crippen LogP contribution in [0.15, 0.2) is 48.5 Å². The largest absolute Gasteiger partial charge is 0.484 e. The van der Waals surface area contributed by atoms with Crippen molar-refractivity contribution in [2.75, 3.05) is 30.3 Å². The monoisotopic (exact) mass is 380 g/mol. The summed E-state index contributed by atoms with van der Waals surface area (Å²) in [5, 5.41) is 2.59. The summed E-state index contributed by atoms with van der Waals surface area (Å²) in [5.41, 5.74) is 1.29. The van der Waals surface area contributed by atoms with Crippen LogP contribution in [0.3, 0.4) is 0 Å². The maximum absolute atomic E-state index is 13.3. The Morgan fingerprint density at radius 2 is 1.88 bits per heavy atom. The molecule has 0 aromatic heterocycles. The number of carbonyl (C=O) groups is 1. The van der Waals surface area contributed by atoms with E-state index >= 15 is 0 Å². The molecule has 0 bridgehead atoms. The van der Waals surface area contributed by atoms with Crippen molar-refractivity contribution in [3.05, 3.63) is 59.9 Å². The Labute approximate surface area is 152 Å². The number of amides is 1. The van der Waals surface area contributed by atoms with E-state index in [0.29, 0.717) is 5.75 Å². The molecule has 0 aliphatic rings. The van der Waals surface area contributed by atoms with Crippen LogP contribution in [0.4, 0.5) is 10.1 Å². The molecule has 0 atom stereocenters. The molecule has 0 spiro atoms. The molecule has 1 amide bonds. The van der Waals surface area contributed by atoms with Crippen molar-refractivity contribution in [2.45, 2.75) is 6.92 Å². The first-order chi connectivity index (χ1) is 12.3. The SMILES string of the molecule is Cc1ccc(OCC(=O)NCCN(c2cccc(F)c2)S(C)(=O)=O)cc1. The van der Waals surface area contributed by atoms with E-state index in [1.807, 2.05) is 19.1 Å². The second-order valence-electron chi connectivity index (χ2n) is 5.77. The summed E-state index contributed by atoms with van der Waals surface area (Å²) in [5.74, 6) is -0.340. The number of hydrogen-bond acceptors (Lipinski definition) is 4. The molecule has 2 aromatic carbocycles. The number of hydrogen-bond donors (Lipinski definition) is 1. The molecule has 2 aromatic rings. The lowest BCUT2D eigenvalue weighted by Crippen LogP contribution is -2.39. The van der Waals surface area contributed by atoms with Gasteiger partial charge in [0.25, 0.3) is 5.91 Å². The molecule has 2 rings (SSSR count). The summed E-state index contributed by atoms with van der Waals surface area (Å²) in [6, 6.07) is 12.5. The summed E-state index contributed by atoms with van der Waals surface area (Å²) in [6.45, 7) is 1.82. The third-order valence-corrected chi connectivity index (χ3v) is 4.72. The van der Waals surface area contributed by atoms with Gasteiger partial charge in [-0.05, 0) is 37.3 Å². The van der Waals surface area contributed by atoms with Crippen LogP contribution in [0.2, 0.25) is 0 Å². The van der Waals surface area contributed by atoms with Gasteiger partial charge in [0.2, 0.25) is 10.0 Å². The zero-order chi connectivity index (χ0) is 19.2. The summed E-state index contributed by atoms with van der Waals surface area (Å²) >= 11 is 0. The molecular formula is C18H21FN2O4S. The molecule has 0 fully saturated rings. The number of benzene rings is 2. The molecule has 26 heavy (non-hydrogen) atoms. The van der Waals surface area contributed by atoms with Crippen molar-refractivity contribution in [3.63, 3.8) is 0 Å². The Kier molecular flexibility index (Phi) is 6.57. The molecule has 0 aliphatic carbocycles. The first-order valence-electron chi connectivity index (χ1n) is 7.95. The maximum atomic E-state index is 13.3. The smallest absolute Gasteiger partial charge is 0.258 e. The van der Waals surface area contributed by atoms with Gasteiger partial charge in [0.1, 0.15) is 11.6 Å². The number of sulfonamides is 1. The minimum atomic E-state index is -3.61. The van der Waals surface area contributed by atoms with Crippen LogP contribution in [0.25, 0.3) is 0 Å². The van der Waals surface area contributed by atoms with E-state index in [1.165, 1.54) is 18.2 Å². The predicted molar refractivity (Wildman–Crippen MR) is 98.3 cm³/mol. The van der Waals surface area contributed by atoms with E-state index in [4.69, 9.17) is 4.74 Å². The fraction of sp³-hybridized carbons (Fsp3) is 0.278. The van der Waals surface area contributed by atoms with Gasteiger partial charge in [-0.15, -0.1) is 0 Å². The fourth-order valence-corrected chi connectivity index (χ4v) is 3.17. The second-order valence-corrected chi connectivity index (χ2v) is 7.67. The highest BCUT2D eigenvalue weighted by molar-refractivity contribution is 7.92. The van der Waals surface area contributed by atoms with E-state index in [1.54, 1.807) is 12.1 Å². The van der Waals surface area contributed by atoms with Gasteiger partial charge in [-0.3, -0.25) is 9.10 Å². The van der Waals surface area contributed by atoms with Gasteiger partial charge in [-0.1, -0.05) is 23.8 Å². The molecular weight excluding hydrogens is 359 g/mol. The van der Waals surface area contributed by atoms with Crippen molar-refractivity contribution in [2.24, 2.45) is 0 Å². The Morgan fingerprint density at radius 3 is 2.50 bits per heavy atom. The Hall–Kier alpha value is -2.61. The molecule has 0 radical (unpaired) electrons. The van der Waals surface area contributed by atoms with Crippen molar-refractivity contribution >= 4 is 21.6 Å². The predicted octanol–water partition coefficient (Wildman–Crippen LogP) is 2.10. The highest BCUT2D eigenvalue weighted by atomic mass is 32.2. The molecule has 0 aliphatic heterocycles. The van der Waals surface area contributed by atoms with Crippen LogP contribution in [0.5, 0.6) is 5.75 Å². The fourth-order valence-electron chi connectivity index (χ4n) is 2.25. The first kappa shape index (κ1) is 19.7. The van der Waals surface area contributed by atoms with Crippen LogP contribution in [0.1, 0.15) is 5.56 Å². The third kappa shape index (κ3) is 6.03. The van der Waals surface area contributed by atoms with E-state index in [9.17, 15) is 17.6 Å². The van der Waals surface area contributed by atoms with E-state index in [2.05, 4.69) is 5.32 Å². The van der Waals surface area contributed by atoms with Gasteiger partial charge in [-0.2, -0.15) is 0 Å². The number of ether oxygens (including phenoxy) is 1. The highest BCUT2D eigenvalue weighted by Gasteiger charge is 2.17. The van der Waals surface area contributed by atoms with E-state index in [0.717, 1.165) is 22.2 Å². The maximum Gasteiger partial charge on any atom is 0.258 e. The number of nitrogens with one attached hydrogen (secondary N) is 1. The Balaban J connectivity index is 1.87. The summed E-state index contributed by atoms with van der Waals surface area (Å²) < 4.78 is 43.6. The molecule has 0 unspecified atom stereocenters. The molecule has 0 saturated carbocycles. The zero-order valence-corrected chi connectivity index (χ0v) is 15.4. The molecule has 0 heterocycles. The van der Waals surface area contributed by atoms with Crippen molar-refractivity contribution in [3.8, 4) is 5.75 Å². The quantitative estimate of drug-likeness (QED) is 0.761. The van der Waals surface area contributed by atoms with Crippen LogP contribution in [-0.2, 0) is 14.8 Å². The number of rotatable bonds is 8. The molecule has 6 nitrogen and oxygen atoms in total. The van der Waals surface area contributed by atoms with Gasteiger partial charge in [0, 0.05) is 6.54 Å². The number of halogens is 1. The van der Waals surface area contributed by atoms with Crippen molar-refractivity contribution < 1.29 is 22.3 Å². The normalized spacial score (nSPS) is 11.0. The zero-order valence-electron chi connectivity index (χ0n) is 14.6. The van der Waals surface area contributed by atoms with Crippen LogP contribution >= 0.6 is 0 Å². The van der Waals surface area contributed by atoms with Gasteiger partial charge >= 0.3 is 0 Å². The minimum absolute atomic E-state index is 0.0153. The summed E-state index contributed by atoms with van der Waals surface area (Å²) in [4.78, 5) is 11.8. The molecule has 0 saturated heterocycles. The second kappa shape index (κ2) is 8.66. The average molecular weight is 380 g/mol. The van der Waals surface area contributed by atoms with Gasteiger partial charge in [0.15, 0.2) is 6.61 Å². The van der Waals surface area contributed by atoms with E-state index < -0.39 is 15.8 Å². The molecule has 140 valence electrons. The van der Waals surface area contributed by atoms with Crippen LogP contribution < -0.4 is 14.4 Å². The highest BCUT2D eigenvalue weighted by Crippen LogP contribution is 2.18. The lowest BCUT2D eigenvalue weighted by molar-refractivity contribution is -0.123. The number of carbonyl (C=O) groups excluding carboxylic acids is 1.